The van der Waals surface area contributed by atoms with Gasteiger partial charge in [0.2, 0.25) is 0 Å². The van der Waals surface area contributed by atoms with Gasteiger partial charge in [0.1, 0.15) is 6.61 Å². The summed E-state index contributed by atoms with van der Waals surface area (Å²) < 4.78 is 5.12. The number of benzene rings is 1. The number of rotatable bonds is 2. The van der Waals surface area contributed by atoms with Crippen LogP contribution in [0.4, 0.5) is 0 Å². The first-order chi connectivity index (χ1) is 6.81. The highest BCUT2D eigenvalue weighted by Gasteiger charge is 2.26. The first kappa shape index (κ1) is 9.16. The van der Waals surface area contributed by atoms with E-state index in [1.807, 2.05) is 24.3 Å². The smallest absolute Gasteiger partial charge is 0.168 e. The first-order valence-corrected chi connectivity index (χ1v) is 4.64. The molecule has 0 amide bonds. The van der Waals surface area contributed by atoms with E-state index in [1.165, 1.54) is 0 Å². The second-order valence-electron chi connectivity index (χ2n) is 3.41. The molecule has 2 nitrogen and oxygen atoms in total. The van der Waals surface area contributed by atoms with Crippen molar-refractivity contribution in [3.8, 4) is 0 Å². The Morgan fingerprint density at radius 1 is 1.50 bits per heavy atom. The minimum absolute atomic E-state index is 0.0742. The van der Waals surface area contributed by atoms with Gasteiger partial charge in [0.05, 0.1) is 12.5 Å². The average molecular weight is 188 g/mol. The van der Waals surface area contributed by atoms with Crippen LogP contribution in [-0.2, 0) is 9.53 Å². The second-order valence-corrected chi connectivity index (χ2v) is 3.41. The second kappa shape index (κ2) is 3.76. The van der Waals surface area contributed by atoms with Crippen LogP contribution in [0.25, 0.3) is 6.08 Å². The van der Waals surface area contributed by atoms with Crippen LogP contribution in [0.15, 0.2) is 30.8 Å². The van der Waals surface area contributed by atoms with Crippen molar-refractivity contribution in [3.05, 3.63) is 42.0 Å². The number of carbonyl (C=O) groups is 1. The van der Waals surface area contributed by atoms with Gasteiger partial charge in [-0.1, -0.05) is 36.9 Å². The number of hydrogen-bond acceptors (Lipinski definition) is 2. The molecule has 0 bridgehead atoms. The largest absolute Gasteiger partial charge is 0.373 e. The molecule has 0 aromatic heterocycles. The third kappa shape index (κ3) is 1.61. The lowest BCUT2D eigenvalue weighted by molar-refractivity contribution is -0.118. The SMILES string of the molecule is C=Cc1cccc([C@@H]2COCC2=O)c1. The summed E-state index contributed by atoms with van der Waals surface area (Å²) in [6.07, 6.45) is 1.78. The van der Waals surface area contributed by atoms with Crippen LogP contribution in [-0.4, -0.2) is 19.0 Å². The van der Waals surface area contributed by atoms with E-state index in [9.17, 15) is 4.79 Å². The molecule has 72 valence electrons. The molecular weight excluding hydrogens is 176 g/mol. The summed E-state index contributed by atoms with van der Waals surface area (Å²) in [5.41, 5.74) is 2.08. The van der Waals surface area contributed by atoms with Crippen molar-refractivity contribution in [1.29, 1.82) is 0 Å². The third-order valence-corrected chi connectivity index (χ3v) is 2.47. The average Bonchev–Trinajstić information content (AvgIpc) is 2.65. The van der Waals surface area contributed by atoms with Gasteiger partial charge in [-0.3, -0.25) is 4.79 Å². The van der Waals surface area contributed by atoms with E-state index >= 15 is 0 Å². The Labute approximate surface area is 83.2 Å². The highest BCUT2D eigenvalue weighted by atomic mass is 16.5. The van der Waals surface area contributed by atoms with Gasteiger partial charge in [0.15, 0.2) is 5.78 Å². The maximum Gasteiger partial charge on any atom is 0.168 e. The molecule has 2 heteroatoms. The Morgan fingerprint density at radius 3 is 3.00 bits per heavy atom. The van der Waals surface area contributed by atoms with Gasteiger partial charge in [0, 0.05) is 0 Å². The molecule has 0 radical (unpaired) electrons. The lowest BCUT2D eigenvalue weighted by atomic mass is 9.96. The maximum absolute atomic E-state index is 11.4. The highest BCUT2D eigenvalue weighted by molar-refractivity contribution is 5.88. The summed E-state index contributed by atoms with van der Waals surface area (Å²) in [6, 6.07) is 7.86. The van der Waals surface area contributed by atoms with E-state index < -0.39 is 0 Å². The summed E-state index contributed by atoms with van der Waals surface area (Å²) in [7, 11) is 0. The third-order valence-electron chi connectivity index (χ3n) is 2.47. The van der Waals surface area contributed by atoms with Crippen molar-refractivity contribution >= 4 is 11.9 Å². The van der Waals surface area contributed by atoms with E-state index in [0.717, 1.165) is 11.1 Å². The van der Waals surface area contributed by atoms with Crippen LogP contribution in [0.2, 0.25) is 0 Å². The van der Waals surface area contributed by atoms with Crippen LogP contribution < -0.4 is 0 Å². The summed E-state index contributed by atoms with van der Waals surface area (Å²) in [4.78, 5) is 11.4. The maximum atomic E-state index is 11.4. The molecule has 1 aliphatic rings. The van der Waals surface area contributed by atoms with E-state index in [2.05, 4.69) is 6.58 Å². The summed E-state index contributed by atoms with van der Waals surface area (Å²) in [5, 5.41) is 0. The lowest BCUT2D eigenvalue weighted by Gasteiger charge is -2.06. The van der Waals surface area contributed by atoms with Gasteiger partial charge in [-0.2, -0.15) is 0 Å². The quantitative estimate of drug-likeness (QED) is 0.709. The van der Waals surface area contributed by atoms with Crippen LogP contribution in [0.5, 0.6) is 0 Å². The zero-order valence-electron chi connectivity index (χ0n) is 7.90. The fourth-order valence-electron chi connectivity index (χ4n) is 1.66. The van der Waals surface area contributed by atoms with Crippen LogP contribution in [0, 0.1) is 0 Å². The Kier molecular flexibility index (Phi) is 2.46. The van der Waals surface area contributed by atoms with Crippen molar-refractivity contribution in [2.75, 3.05) is 13.2 Å². The zero-order chi connectivity index (χ0) is 9.97. The molecule has 1 heterocycles. The molecule has 0 spiro atoms. The summed E-state index contributed by atoms with van der Waals surface area (Å²) >= 11 is 0. The Hall–Kier alpha value is -1.41. The van der Waals surface area contributed by atoms with Crippen molar-refractivity contribution in [2.24, 2.45) is 0 Å². The van der Waals surface area contributed by atoms with Gasteiger partial charge < -0.3 is 4.74 Å². The standard InChI is InChI=1S/C12H12O2/c1-2-9-4-3-5-10(6-9)11-7-14-8-12(11)13/h2-6,11H,1,7-8H2/t11-/m0/s1. The fraction of sp³-hybridized carbons (Fsp3) is 0.250. The summed E-state index contributed by atoms with van der Waals surface area (Å²) in [6.45, 7) is 4.47. The monoisotopic (exact) mass is 188 g/mol. The molecule has 1 aromatic rings. The van der Waals surface area contributed by atoms with Gasteiger partial charge in [-0.05, 0) is 11.1 Å². The molecule has 1 aromatic carbocycles. The number of Topliss-reactive ketones (excluding diaryl/α,β-unsaturated/α-hetero) is 1. The molecule has 1 saturated heterocycles. The van der Waals surface area contributed by atoms with Crippen molar-refractivity contribution in [3.63, 3.8) is 0 Å². The molecule has 2 rings (SSSR count). The molecule has 0 unspecified atom stereocenters. The molecular formula is C12H12O2. The Bertz CT molecular complexity index is 368. The number of carbonyl (C=O) groups excluding carboxylic acids is 1. The van der Waals surface area contributed by atoms with E-state index in [0.29, 0.717) is 6.61 Å². The van der Waals surface area contributed by atoms with Crippen LogP contribution in [0.1, 0.15) is 17.0 Å². The molecule has 0 N–H and O–H groups in total. The van der Waals surface area contributed by atoms with Crippen molar-refractivity contribution < 1.29 is 9.53 Å². The van der Waals surface area contributed by atoms with Gasteiger partial charge in [0.25, 0.3) is 0 Å². The van der Waals surface area contributed by atoms with Gasteiger partial charge in [-0.25, -0.2) is 0 Å². The molecule has 1 atom stereocenters. The van der Waals surface area contributed by atoms with Crippen LogP contribution >= 0.6 is 0 Å². The number of ketones is 1. The molecule has 1 fully saturated rings. The number of hydrogen-bond donors (Lipinski definition) is 0. The Balaban J connectivity index is 2.31. The Morgan fingerprint density at radius 2 is 2.36 bits per heavy atom. The van der Waals surface area contributed by atoms with E-state index in [-0.39, 0.29) is 18.3 Å². The molecule has 14 heavy (non-hydrogen) atoms. The number of ether oxygens (including phenoxy) is 1. The molecule has 1 aliphatic heterocycles. The molecule has 0 saturated carbocycles. The zero-order valence-corrected chi connectivity index (χ0v) is 7.90. The normalized spacial score (nSPS) is 21.1. The topological polar surface area (TPSA) is 26.3 Å². The van der Waals surface area contributed by atoms with Gasteiger partial charge in [-0.15, -0.1) is 0 Å². The van der Waals surface area contributed by atoms with Crippen molar-refractivity contribution in [1.82, 2.24) is 0 Å². The first-order valence-electron chi connectivity index (χ1n) is 4.64. The highest BCUT2D eigenvalue weighted by Crippen LogP contribution is 2.23. The predicted molar refractivity (Wildman–Crippen MR) is 55.1 cm³/mol. The van der Waals surface area contributed by atoms with E-state index in [1.54, 1.807) is 6.08 Å². The summed E-state index contributed by atoms with van der Waals surface area (Å²) in [5.74, 6) is 0.0983. The van der Waals surface area contributed by atoms with Crippen molar-refractivity contribution in [2.45, 2.75) is 5.92 Å². The van der Waals surface area contributed by atoms with Gasteiger partial charge >= 0.3 is 0 Å². The minimum atomic E-state index is -0.0742. The predicted octanol–water partition coefficient (Wildman–Crippen LogP) is 2.01. The van der Waals surface area contributed by atoms with E-state index in [4.69, 9.17) is 4.74 Å². The fourth-order valence-corrected chi connectivity index (χ4v) is 1.66. The minimum Gasteiger partial charge on any atom is -0.373 e. The van der Waals surface area contributed by atoms with Crippen LogP contribution in [0.3, 0.4) is 0 Å². The lowest BCUT2D eigenvalue weighted by Crippen LogP contribution is -2.08. The molecule has 0 aliphatic carbocycles.